The largest absolute Gasteiger partial charge is 0.462 e. The highest BCUT2D eigenvalue weighted by Gasteiger charge is 2.46. The summed E-state index contributed by atoms with van der Waals surface area (Å²) in [5.74, 6) is -1.99. The van der Waals surface area contributed by atoms with E-state index in [1.807, 2.05) is 0 Å². The van der Waals surface area contributed by atoms with Crippen LogP contribution in [0.1, 0.15) is 206 Å². The summed E-state index contributed by atoms with van der Waals surface area (Å²) in [5.41, 5.74) is 0. The number of carbonyl (C=O) groups excluding carboxylic acids is 2. The van der Waals surface area contributed by atoms with Crippen LogP contribution in [0.5, 0.6) is 0 Å². The Labute approximate surface area is 364 Å². The Morgan fingerprint density at radius 2 is 1.00 bits per heavy atom. The van der Waals surface area contributed by atoms with Gasteiger partial charge in [0.05, 0.1) is 6.61 Å². The number of aliphatic hydroxyl groups is 3. The maximum Gasteiger partial charge on any atom is 0.306 e. The molecule has 352 valence electrons. The molecule has 0 saturated carbocycles. The Morgan fingerprint density at radius 3 is 1.50 bits per heavy atom. The number of rotatable bonds is 40. The van der Waals surface area contributed by atoms with Gasteiger partial charge in [-0.2, -0.15) is 8.42 Å². The summed E-state index contributed by atoms with van der Waals surface area (Å²) in [7, 11) is -4.60. The van der Waals surface area contributed by atoms with Gasteiger partial charge in [0.15, 0.2) is 12.4 Å². The van der Waals surface area contributed by atoms with Gasteiger partial charge in [-0.15, -0.1) is 0 Å². The summed E-state index contributed by atoms with van der Waals surface area (Å²) in [6.45, 7) is 3.74. The third kappa shape index (κ3) is 31.9. The van der Waals surface area contributed by atoms with Gasteiger partial charge in [-0.25, -0.2) is 0 Å². The Morgan fingerprint density at radius 1 is 0.567 bits per heavy atom. The number of allylic oxidation sites excluding steroid dienone is 4. The zero-order chi connectivity index (χ0) is 44.1. The average molecular weight is 875 g/mol. The van der Waals surface area contributed by atoms with E-state index < -0.39 is 71.2 Å². The van der Waals surface area contributed by atoms with Crippen LogP contribution in [0.2, 0.25) is 0 Å². The lowest BCUT2D eigenvalue weighted by atomic mass is 10.00. The van der Waals surface area contributed by atoms with E-state index in [1.54, 1.807) is 0 Å². The van der Waals surface area contributed by atoms with Crippen LogP contribution in [0.15, 0.2) is 24.3 Å². The molecule has 12 nitrogen and oxygen atoms in total. The van der Waals surface area contributed by atoms with E-state index in [0.29, 0.717) is 12.8 Å². The quantitative estimate of drug-likeness (QED) is 0.0198. The molecule has 6 unspecified atom stereocenters. The maximum absolute atomic E-state index is 12.8. The topological polar surface area (TPSA) is 186 Å². The molecule has 4 N–H and O–H groups in total. The van der Waals surface area contributed by atoms with Crippen molar-refractivity contribution in [3.8, 4) is 0 Å². The number of unbranched alkanes of at least 4 members (excludes halogenated alkanes) is 24. The lowest BCUT2D eigenvalue weighted by molar-refractivity contribution is -0.297. The van der Waals surface area contributed by atoms with E-state index in [-0.39, 0.29) is 19.4 Å². The first-order valence-corrected chi connectivity index (χ1v) is 25.5. The normalized spacial score (nSPS) is 20.3. The van der Waals surface area contributed by atoms with Gasteiger partial charge in [-0.3, -0.25) is 14.1 Å². The number of aliphatic hydroxyl groups excluding tert-OH is 3. The van der Waals surface area contributed by atoms with E-state index in [4.69, 9.17) is 18.9 Å². The molecule has 0 aliphatic carbocycles. The highest BCUT2D eigenvalue weighted by molar-refractivity contribution is 7.85. The third-order valence-electron chi connectivity index (χ3n) is 11.0. The maximum atomic E-state index is 12.8. The molecular weight excluding hydrogens is 789 g/mol. The molecule has 0 spiro atoms. The molecule has 1 aliphatic rings. The summed E-state index contributed by atoms with van der Waals surface area (Å²) in [6.07, 6.45) is 32.2. The smallest absolute Gasteiger partial charge is 0.306 e. The van der Waals surface area contributed by atoms with Gasteiger partial charge >= 0.3 is 11.9 Å². The number of hydrogen-bond acceptors (Lipinski definition) is 11. The van der Waals surface area contributed by atoms with Crippen molar-refractivity contribution < 1.29 is 56.8 Å². The van der Waals surface area contributed by atoms with E-state index in [2.05, 4.69) is 38.2 Å². The van der Waals surface area contributed by atoms with Crippen molar-refractivity contribution in [2.75, 3.05) is 19.0 Å². The molecule has 0 radical (unpaired) electrons. The zero-order valence-corrected chi connectivity index (χ0v) is 38.4. The van der Waals surface area contributed by atoms with Gasteiger partial charge in [0.2, 0.25) is 0 Å². The fourth-order valence-corrected chi connectivity index (χ4v) is 7.99. The van der Waals surface area contributed by atoms with Gasteiger partial charge in [0.1, 0.15) is 36.8 Å². The predicted molar refractivity (Wildman–Crippen MR) is 238 cm³/mol. The minimum absolute atomic E-state index is 0.151. The molecule has 1 rings (SSSR count). The van der Waals surface area contributed by atoms with Crippen LogP contribution in [0.3, 0.4) is 0 Å². The third-order valence-corrected chi connectivity index (χ3v) is 11.8. The van der Waals surface area contributed by atoms with E-state index in [9.17, 15) is 37.9 Å². The second-order valence-electron chi connectivity index (χ2n) is 16.8. The highest BCUT2D eigenvalue weighted by Crippen LogP contribution is 2.24. The van der Waals surface area contributed by atoms with Crippen LogP contribution in [-0.4, -0.2) is 96.0 Å². The predicted octanol–water partition coefficient (Wildman–Crippen LogP) is 10.0. The first-order chi connectivity index (χ1) is 29.0. The molecule has 0 amide bonds. The number of carbonyl (C=O) groups is 2. The van der Waals surface area contributed by atoms with Crippen LogP contribution in [0.25, 0.3) is 0 Å². The monoisotopic (exact) mass is 875 g/mol. The fraction of sp³-hybridized carbons (Fsp3) is 0.872. The van der Waals surface area contributed by atoms with Gasteiger partial charge in [-0.05, 0) is 44.9 Å². The standard InChI is InChI=1S/C47H86O12S/c1-3-5-7-9-11-13-15-17-19-20-22-23-25-27-29-31-33-35-42(48)56-37-40(38-57-47-46(52)45(51)44(50)41(59-47)39-60(53,54)55)58-43(49)36-34-32-30-28-26-24-21-18-16-14-12-10-8-6-4-2/h12,14,18,21,40-41,44-47,50-52H,3-11,13,15-17,19-20,22-39H2,1-2H3,(H,53,54,55)/b14-12-,21-18-. The molecule has 13 heteroatoms. The van der Waals surface area contributed by atoms with E-state index >= 15 is 0 Å². The van der Waals surface area contributed by atoms with Crippen molar-refractivity contribution >= 4 is 22.1 Å². The fourth-order valence-electron chi connectivity index (χ4n) is 7.30. The van der Waals surface area contributed by atoms with E-state index in [1.165, 1.54) is 103 Å². The minimum atomic E-state index is -4.60. The second kappa shape index (κ2) is 37.7. The van der Waals surface area contributed by atoms with Gasteiger partial charge < -0.3 is 34.3 Å². The summed E-state index contributed by atoms with van der Waals surface area (Å²) < 4.78 is 54.1. The molecule has 0 aromatic rings. The van der Waals surface area contributed by atoms with Crippen molar-refractivity contribution in [3.05, 3.63) is 24.3 Å². The van der Waals surface area contributed by atoms with Crippen molar-refractivity contribution in [2.24, 2.45) is 0 Å². The Balaban J connectivity index is 2.42. The second-order valence-corrected chi connectivity index (χ2v) is 18.3. The SMILES string of the molecule is CCCCC/C=C\C/C=C\CCCCCCCC(=O)OC(COC(=O)CCCCCCCCCCCCCCCCCCC)COC1OC(CS(=O)(=O)O)C(O)C(O)C1O. The molecule has 1 fully saturated rings. The molecular formula is C47H86O12S. The van der Waals surface area contributed by atoms with Gasteiger partial charge in [0, 0.05) is 12.8 Å². The van der Waals surface area contributed by atoms with Crippen LogP contribution >= 0.6 is 0 Å². The summed E-state index contributed by atoms with van der Waals surface area (Å²) >= 11 is 0. The average Bonchev–Trinajstić information content (AvgIpc) is 3.21. The molecule has 0 aromatic carbocycles. The lowest BCUT2D eigenvalue weighted by Gasteiger charge is -2.40. The first-order valence-electron chi connectivity index (χ1n) is 23.9. The van der Waals surface area contributed by atoms with E-state index in [0.717, 1.165) is 64.2 Å². The summed E-state index contributed by atoms with van der Waals surface area (Å²) in [4.78, 5) is 25.4. The number of hydrogen-bond donors (Lipinski definition) is 4. The van der Waals surface area contributed by atoms with Crippen molar-refractivity contribution in [2.45, 2.75) is 243 Å². The molecule has 0 aromatic heterocycles. The first kappa shape index (κ1) is 56.1. The van der Waals surface area contributed by atoms with Gasteiger partial charge in [-0.1, -0.05) is 173 Å². The minimum Gasteiger partial charge on any atom is -0.462 e. The van der Waals surface area contributed by atoms with Crippen molar-refractivity contribution in [1.82, 2.24) is 0 Å². The van der Waals surface area contributed by atoms with Gasteiger partial charge in [0.25, 0.3) is 10.1 Å². The Bertz CT molecular complexity index is 1210. The molecule has 1 saturated heterocycles. The number of esters is 2. The summed E-state index contributed by atoms with van der Waals surface area (Å²) in [5, 5.41) is 30.9. The van der Waals surface area contributed by atoms with Crippen LogP contribution in [0, 0.1) is 0 Å². The molecule has 6 atom stereocenters. The molecule has 1 aliphatic heterocycles. The van der Waals surface area contributed by atoms with Crippen LogP contribution in [-0.2, 0) is 38.7 Å². The Kier molecular flexibility index (Phi) is 35.2. The van der Waals surface area contributed by atoms with Crippen LogP contribution < -0.4 is 0 Å². The van der Waals surface area contributed by atoms with Crippen molar-refractivity contribution in [3.63, 3.8) is 0 Å². The van der Waals surface area contributed by atoms with Crippen LogP contribution in [0.4, 0.5) is 0 Å². The molecule has 1 heterocycles. The lowest BCUT2D eigenvalue weighted by Crippen LogP contribution is -2.60. The zero-order valence-electron chi connectivity index (χ0n) is 37.6. The Hall–Kier alpha value is -1.87. The highest BCUT2D eigenvalue weighted by atomic mass is 32.2. The number of ether oxygens (including phenoxy) is 4. The van der Waals surface area contributed by atoms with Crippen molar-refractivity contribution in [1.29, 1.82) is 0 Å². The molecule has 60 heavy (non-hydrogen) atoms. The molecule has 0 bridgehead atoms. The summed E-state index contributed by atoms with van der Waals surface area (Å²) in [6, 6.07) is 0.